The summed E-state index contributed by atoms with van der Waals surface area (Å²) in [5.74, 6) is 1.56. The summed E-state index contributed by atoms with van der Waals surface area (Å²) in [6, 6.07) is 0.459. The van der Waals surface area contributed by atoms with E-state index in [1.54, 1.807) is 0 Å². The van der Waals surface area contributed by atoms with Gasteiger partial charge in [0.2, 0.25) is 5.91 Å². The van der Waals surface area contributed by atoms with Crippen molar-refractivity contribution >= 4 is 5.91 Å². The monoisotopic (exact) mass is 224 g/mol. The Morgan fingerprint density at radius 1 is 1.19 bits per heavy atom. The van der Waals surface area contributed by atoms with Gasteiger partial charge in [-0.2, -0.15) is 0 Å². The zero-order valence-corrected chi connectivity index (χ0v) is 10.5. The third-order valence-corrected chi connectivity index (χ3v) is 4.05. The molecule has 2 fully saturated rings. The van der Waals surface area contributed by atoms with Crippen molar-refractivity contribution in [2.75, 3.05) is 19.6 Å². The van der Waals surface area contributed by atoms with E-state index in [9.17, 15) is 4.79 Å². The standard InChI is InChI=1S/C13H24N2O/c1-10-3-5-12(6-4-10)13(16)15-8-7-14-11(2)9-15/h10-12,14H,3-9H2,1-2H3/t10?,11-,12?/m0/s1. The number of hydrogen-bond donors (Lipinski definition) is 1. The number of carbonyl (C=O) groups is 1. The molecular weight excluding hydrogens is 200 g/mol. The first kappa shape index (κ1) is 11.9. The average Bonchev–Trinajstić information content (AvgIpc) is 2.29. The molecule has 1 aliphatic heterocycles. The van der Waals surface area contributed by atoms with E-state index in [0.29, 0.717) is 17.9 Å². The fourth-order valence-electron chi connectivity index (χ4n) is 2.90. The quantitative estimate of drug-likeness (QED) is 0.734. The van der Waals surface area contributed by atoms with Gasteiger partial charge in [-0.15, -0.1) is 0 Å². The molecule has 1 N–H and O–H groups in total. The summed E-state index contributed by atoms with van der Waals surface area (Å²) in [5, 5.41) is 3.38. The first-order valence-corrected chi connectivity index (χ1v) is 6.69. The lowest BCUT2D eigenvalue weighted by atomic mass is 9.82. The van der Waals surface area contributed by atoms with E-state index in [-0.39, 0.29) is 0 Å². The van der Waals surface area contributed by atoms with Gasteiger partial charge in [0, 0.05) is 31.6 Å². The molecule has 3 heteroatoms. The van der Waals surface area contributed by atoms with Gasteiger partial charge in [-0.25, -0.2) is 0 Å². The minimum atomic E-state index is 0.321. The van der Waals surface area contributed by atoms with Gasteiger partial charge in [-0.05, 0) is 38.5 Å². The van der Waals surface area contributed by atoms with E-state index in [1.165, 1.54) is 12.8 Å². The van der Waals surface area contributed by atoms with Crippen molar-refractivity contribution in [1.82, 2.24) is 10.2 Å². The van der Waals surface area contributed by atoms with Crippen LogP contribution in [0.15, 0.2) is 0 Å². The number of piperazine rings is 1. The first-order chi connectivity index (χ1) is 7.66. The number of nitrogens with zero attached hydrogens (tertiary/aromatic N) is 1. The van der Waals surface area contributed by atoms with Gasteiger partial charge in [0.15, 0.2) is 0 Å². The van der Waals surface area contributed by atoms with Crippen molar-refractivity contribution < 1.29 is 4.79 Å². The maximum Gasteiger partial charge on any atom is 0.225 e. The van der Waals surface area contributed by atoms with Crippen molar-refractivity contribution in [2.24, 2.45) is 11.8 Å². The molecule has 16 heavy (non-hydrogen) atoms. The smallest absolute Gasteiger partial charge is 0.225 e. The van der Waals surface area contributed by atoms with Gasteiger partial charge in [-0.3, -0.25) is 4.79 Å². The number of nitrogens with one attached hydrogen (secondary N) is 1. The van der Waals surface area contributed by atoms with Crippen LogP contribution >= 0.6 is 0 Å². The van der Waals surface area contributed by atoms with Crippen LogP contribution in [0.25, 0.3) is 0 Å². The first-order valence-electron chi connectivity index (χ1n) is 6.69. The van der Waals surface area contributed by atoms with Crippen LogP contribution in [0.1, 0.15) is 39.5 Å². The van der Waals surface area contributed by atoms with E-state index in [1.807, 2.05) is 0 Å². The minimum absolute atomic E-state index is 0.321. The molecule has 0 radical (unpaired) electrons. The second-order valence-corrected chi connectivity index (χ2v) is 5.60. The molecule has 1 amide bonds. The summed E-state index contributed by atoms with van der Waals surface area (Å²) >= 11 is 0. The van der Waals surface area contributed by atoms with Gasteiger partial charge in [0.25, 0.3) is 0 Å². The van der Waals surface area contributed by atoms with Crippen molar-refractivity contribution in [3.05, 3.63) is 0 Å². The lowest BCUT2D eigenvalue weighted by molar-refractivity contribution is -0.137. The molecule has 0 aromatic rings. The highest BCUT2D eigenvalue weighted by Crippen LogP contribution is 2.29. The summed E-state index contributed by atoms with van der Waals surface area (Å²) in [4.78, 5) is 14.4. The Balaban J connectivity index is 1.86. The molecule has 2 aliphatic rings. The molecule has 0 bridgehead atoms. The largest absolute Gasteiger partial charge is 0.340 e. The van der Waals surface area contributed by atoms with Crippen molar-refractivity contribution in [3.63, 3.8) is 0 Å². The molecule has 0 aromatic heterocycles. The molecule has 1 heterocycles. The van der Waals surface area contributed by atoms with E-state index >= 15 is 0 Å². The third-order valence-electron chi connectivity index (χ3n) is 4.05. The van der Waals surface area contributed by atoms with Crippen molar-refractivity contribution in [2.45, 2.75) is 45.6 Å². The van der Waals surface area contributed by atoms with Crippen LogP contribution in [0.5, 0.6) is 0 Å². The lowest BCUT2D eigenvalue weighted by Crippen LogP contribution is -2.53. The summed E-state index contributed by atoms with van der Waals surface area (Å²) in [6.07, 6.45) is 4.69. The molecule has 1 aliphatic carbocycles. The Hall–Kier alpha value is -0.570. The average molecular weight is 224 g/mol. The summed E-state index contributed by atoms with van der Waals surface area (Å²) in [7, 11) is 0. The molecule has 3 nitrogen and oxygen atoms in total. The van der Waals surface area contributed by atoms with Gasteiger partial charge in [0.1, 0.15) is 0 Å². The lowest BCUT2D eigenvalue weighted by Gasteiger charge is -2.36. The van der Waals surface area contributed by atoms with Crippen molar-refractivity contribution in [3.8, 4) is 0 Å². The summed E-state index contributed by atoms with van der Waals surface area (Å²) < 4.78 is 0. The van der Waals surface area contributed by atoms with Gasteiger partial charge < -0.3 is 10.2 Å². The zero-order valence-electron chi connectivity index (χ0n) is 10.5. The predicted molar refractivity (Wildman–Crippen MR) is 65.2 cm³/mol. The highest BCUT2D eigenvalue weighted by Gasteiger charge is 2.29. The summed E-state index contributed by atoms with van der Waals surface area (Å²) in [5.41, 5.74) is 0. The molecule has 0 spiro atoms. The Bertz CT molecular complexity index is 246. The van der Waals surface area contributed by atoms with Crippen LogP contribution in [0, 0.1) is 11.8 Å². The number of rotatable bonds is 1. The molecule has 2 rings (SSSR count). The van der Waals surface area contributed by atoms with Crippen LogP contribution in [-0.2, 0) is 4.79 Å². The van der Waals surface area contributed by atoms with Crippen LogP contribution < -0.4 is 5.32 Å². The highest BCUT2D eigenvalue weighted by atomic mass is 16.2. The van der Waals surface area contributed by atoms with Crippen LogP contribution in [0.2, 0.25) is 0 Å². The SMILES string of the molecule is CC1CCC(C(=O)N2CCN[C@@H](C)C2)CC1. The Kier molecular flexibility index (Phi) is 3.85. The molecule has 92 valence electrons. The zero-order chi connectivity index (χ0) is 11.5. The summed E-state index contributed by atoms with van der Waals surface area (Å²) in [6.45, 7) is 7.20. The second-order valence-electron chi connectivity index (χ2n) is 5.60. The van der Waals surface area contributed by atoms with Crippen LogP contribution in [0.3, 0.4) is 0 Å². The molecule has 1 saturated carbocycles. The predicted octanol–water partition coefficient (Wildman–Crippen LogP) is 1.63. The molecule has 1 saturated heterocycles. The van der Waals surface area contributed by atoms with E-state index < -0.39 is 0 Å². The van der Waals surface area contributed by atoms with Crippen LogP contribution in [-0.4, -0.2) is 36.5 Å². The Morgan fingerprint density at radius 3 is 2.50 bits per heavy atom. The van der Waals surface area contributed by atoms with Gasteiger partial charge >= 0.3 is 0 Å². The Morgan fingerprint density at radius 2 is 1.88 bits per heavy atom. The minimum Gasteiger partial charge on any atom is -0.340 e. The fourth-order valence-corrected chi connectivity index (χ4v) is 2.90. The van der Waals surface area contributed by atoms with E-state index in [2.05, 4.69) is 24.1 Å². The number of carbonyl (C=O) groups excluding carboxylic acids is 1. The molecule has 0 unspecified atom stereocenters. The van der Waals surface area contributed by atoms with E-state index in [0.717, 1.165) is 38.4 Å². The number of amides is 1. The topological polar surface area (TPSA) is 32.3 Å². The van der Waals surface area contributed by atoms with Gasteiger partial charge in [-0.1, -0.05) is 6.92 Å². The normalized spacial score (nSPS) is 36.1. The second kappa shape index (κ2) is 5.17. The molecule has 0 aromatic carbocycles. The van der Waals surface area contributed by atoms with Crippen molar-refractivity contribution in [1.29, 1.82) is 0 Å². The highest BCUT2D eigenvalue weighted by molar-refractivity contribution is 5.79. The maximum atomic E-state index is 12.3. The Labute approximate surface area is 98.6 Å². The maximum absolute atomic E-state index is 12.3. The van der Waals surface area contributed by atoms with E-state index in [4.69, 9.17) is 0 Å². The van der Waals surface area contributed by atoms with Gasteiger partial charge in [0.05, 0.1) is 0 Å². The van der Waals surface area contributed by atoms with Crippen LogP contribution in [0.4, 0.5) is 0 Å². The molecule has 1 atom stereocenters. The molecular formula is C13H24N2O. The third kappa shape index (κ3) is 2.76. The number of hydrogen-bond acceptors (Lipinski definition) is 2. The fraction of sp³-hybridized carbons (Fsp3) is 0.923.